The Balaban J connectivity index is 2.08. The summed E-state index contributed by atoms with van der Waals surface area (Å²) >= 11 is 1.13. The van der Waals surface area contributed by atoms with Gasteiger partial charge in [0.15, 0.2) is 5.16 Å². The summed E-state index contributed by atoms with van der Waals surface area (Å²) < 4.78 is 1.74. The van der Waals surface area contributed by atoms with E-state index in [0.717, 1.165) is 30.3 Å². The van der Waals surface area contributed by atoms with Crippen molar-refractivity contribution in [3.8, 4) is 0 Å². The Bertz CT molecular complexity index is 496. The van der Waals surface area contributed by atoms with Gasteiger partial charge in [0.25, 0.3) is 0 Å². The molecule has 1 aromatic heterocycles. The maximum atomic E-state index is 12.0. The minimum atomic E-state index is -0.896. The van der Waals surface area contributed by atoms with Crippen molar-refractivity contribution < 1.29 is 14.7 Å². The lowest BCUT2D eigenvalue weighted by Crippen LogP contribution is -2.32. The first kappa shape index (κ1) is 13.9. The molecule has 19 heavy (non-hydrogen) atoms. The molecule has 7 heteroatoms. The van der Waals surface area contributed by atoms with E-state index in [1.165, 1.54) is 0 Å². The summed E-state index contributed by atoms with van der Waals surface area (Å²) in [5.41, 5.74) is 0.777. The summed E-state index contributed by atoms with van der Waals surface area (Å²) in [6.45, 7) is 3.62. The predicted octanol–water partition coefficient (Wildman–Crippen LogP) is 1.21. The largest absolute Gasteiger partial charge is 0.481 e. The molecular weight excluding hydrogens is 266 g/mol. The van der Waals surface area contributed by atoms with Crippen LogP contribution in [0.2, 0.25) is 0 Å². The van der Waals surface area contributed by atoms with Crippen LogP contribution >= 0.6 is 11.8 Å². The number of carboxylic acids is 1. The highest BCUT2D eigenvalue weighted by atomic mass is 32.2. The fraction of sp³-hybridized carbons (Fsp3) is 0.583. The van der Waals surface area contributed by atoms with Crippen LogP contribution < -0.4 is 5.32 Å². The molecule has 6 nitrogen and oxygen atoms in total. The number of aryl methyl sites for hydroxylation is 1. The van der Waals surface area contributed by atoms with Gasteiger partial charge in [-0.25, -0.2) is 4.98 Å². The number of nitrogens with one attached hydrogen (secondary N) is 1. The molecule has 104 valence electrons. The van der Waals surface area contributed by atoms with Gasteiger partial charge in [0.1, 0.15) is 6.04 Å². The first-order valence-electron chi connectivity index (χ1n) is 6.18. The summed E-state index contributed by atoms with van der Waals surface area (Å²) in [6, 6.07) is -0.0622. The Hall–Kier alpha value is -1.50. The number of nitrogens with zero attached hydrogens (tertiary/aromatic N) is 2. The summed E-state index contributed by atoms with van der Waals surface area (Å²) in [7, 11) is 0. The second kappa shape index (κ2) is 5.64. The highest BCUT2D eigenvalue weighted by molar-refractivity contribution is 7.99. The van der Waals surface area contributed by atoms with Crippen molar-refractivity contribution in [2.45, 2.75) is 43.9 Å². The molecule has 1 saturated carbocycles. The van der Waals surface area contributed by atoms with Crippen LogP contribution in [0, 0.1) is 6.92 Å². The second-order valence-corrected chi connectivity index (χ2v) is 5.66. The lowest BCUT2D eigenvalue weighted by molar-refractivity contribution is -0.134. The molecule has 0 spiro atoms. The molecule has 1 aliphatic rings. The summed E-state index contributed by atoms with van der Waals surface area (Å²) in [4.78, 5) is 26.9. The molecular formula is C12H17N3O3S. The number of aromatic nitrogens is 2. The molecule has 1 amide bonds. The minimum absolute atomic E-state index is 0.0444. The normalized spacial score (nSPS) is 16.1. The van der Waals surface area contributed by atoms with Crippen molar-refractivity contribution in [2.24, 2.45) is 0 Å². The molecule has 0 radical (unpaired) electrons. The molecule has 1 fully saturated rings. The topological polar surface area (TPSA) is 84.2 Å². The number of hydrogen-bond acceptors (Lipinski definition) is 4. The zero-order valence-electron chi connectivity index (χ0n) is 10.9. The van der Waals surface area contributed by atoms with Crippen molar-refractivity contribution >= 4 is 23.6 Å². The number of hydrogen-bond donors (Lipinski definition) is 2. The van der Waals surface area contributed by atoms with Crippen molar-refractivity contribution in [1.82, 2.24) is 14.9 Å². The molecule has 0 bridgehead atoms. The van der Waals surface area contributed by atoms with E-state index in [9.17, 15) is 9.59 Å². The van der Waals surface area contributed by atoms with Gasteiger partial charge in [0.05, 0.1) is 11.4 Å². The summed E-state index contributed by atoms with van der Waals surface area (Å²) in [5, 5.41) is 12.2. The lowest BCUT2D eigenvalue weighted by Gasteiger charge is -2.15. The van der Waals surface area contributed by atoms with E-state index in [2.05, 4.69) is 10.3 Å². The van der Waals surface area contributed by atoms with Gasteiger partial charge in [0, 0.05) is 12.2 Å². The molecule has 1 heterocycles. The Morgan fingerprint density at radius 3 is 2.89 bits per heavy atom. The molecule has 0 aromatic carbocycles. The van der Waals surface area contributed by atoms with Crippen LogP contribution in [-0.2, 0) is 9.59 Å². The van der Waals surface area contributed by atoms with Gasteiger partial charge < -0.3 is 15.0 Å². The summed E-state index contributed by atoms with van der Waals surface area (Å²) in [5.74, 6) is -1.00. The first-order valence-corrected chi connectivity index (χ1v) is 7.16. The van der Waals surface area contributed by atoms with Crippen molar-refractivity contribution in [1.29, 1.82) is 0 Å². The second-order valence-electron chi connectivity index (χ2n) is 4.71. The zero-order chi connectivity index (χ0) is 14.0. The third kappa shape index (κ3) is 3.73. The third-order valence-corrected chi connectivity index (χ3v) is 3.82. The standard InChI is InChI=1S/C12H17N3O3S/c1-7-5-15(12(13-7)19-6-10(16)17)8(2)11(18)14-9-3-4-9/h5,8-9H,3-4,6H2,1-2H3,(H,14,18)(H,16,17). The van der Waals surface area contributed by atoms with Crippen LogP contribution in [0.1, 0.15) is 31.5 Å². The maximum absolute atomic E-state index is 12.0. The van der Waals surface area contributed by atoms with Gasteiger partial charge in [-0.3, -0.25) is 9.59 Å². The average Bonchev–Trinajstić information content (AvgIpc) is 3.07. The van der Waals surface area contributed by atoms with Crippen molar-refractivity contribution in [2.75, 3.05) is 5.75 Å². The van der Waals surface area contributed by atoms with Crippen LogP contribution in [0.3, 0.4) is 0 Å². The number of rotatable bonds is 6. The SMILES string of the molecule is Cc1cn(C(C)C(=O)NC2CC2)c(SCC(=O)O)n1. The molecule has 0 saturated heterocycles. The first-order chi connectivity index (χ1) is 8.97. The number of carbonyl (C=O) groups is 2. The molecule has 1 aromatic rings. The van der Waals surface area contributed by atoms with E-state index >= 15 is 0 Å². The predicted molar refractivity (Wildman–Crippen MR) is 71.2 cm³/mol. The fourth-order valence-electron chi connectivity index (χ4n) is 1.68. The van der Waals surface area contributed by atoms with Crippen molar-refractivity contribution in [3.05, 3.63) is 11.9 Å². The van der Waals surface area contributed by atoms with E-state index in [1.807, 2.05) is 6.92 Å². The van der Waals surface area contributed by atoms with Gasteiger partial charge in [-0.2, -0.15) is 0 Å². The Morgan fingerprint density at radius 1 is 1.63 bits per heavy atom. The molecule has 2 N–H and O–H groups in total. The average molecular weight is 283 g/mol. The number of thioether (sulfide) groups is 1. The maximum Gasteiger partial charge on any atom is 0.313 e. The summed E-state index contributed by atoms with van der Waals surface area (Å²) in [6.07, 6.45) is 3.87. The third-order valence-electron chi connectivity index (χ3n) is 2.86. The highest BCUT2D eigenvalue weighted by Gasteiger charge is 2.27. The molecule has 0 aliphatic heterocycles. The van der Waals surface area contributed by atoms with Crippen LogP contribution in [0.15, 0.2) is 11.4 Å². The quantitative estimate of drug-likeness (QED) is 0.767. The highest BCUT2D eigenvalue weighted by Crippen LogP contribution is 2.24. The van der Waals surface area contributed by atoms with E-state index in [0.29, 0.717) is 11.2 Å². The van der Waals surface area contributed by atoms with Gasteiger partial charge in [0.2, 0.25) is 5.91 Å². The monoisotopic (exact) mass is 283 g/mol. The van der Waals surface area contributed by atoms with E-state index in [1.54, 1.807) is 17.7 Å². The number of imidazole rings is 1. The van der Waals surface area contributed by atoms with Gasteiger partial charge in [-0.15, -0.1) is 0 Å². The molecule has 1 aliphatic carbocycles. The van der Waals surface area contributed by atoms with Crippen LogP contribution in [-0.4, -0.2) is 38.3 Å². The van der Waals surface area contributed by atoms with Crippen LogP contribution in [0.5, 0.6) is 0 Å². The van der Waals surface area contributed by atoms with Crippen LogP contribution in [0.25, 0.3) is 0 Å². The van der Waals surface area contributed by atoms with Crippen molar-refractivity contribution in [3.63, 3.8) is 0 Å². The van der Waals surface area contributed by atoms with Crippen LogP contribution in [0.4, 0.5) is 0 Å². The van der Waals surface area contributed by atoms with Gasteiger partial charge >= 0.3 is 5.97 Å². The minimum Gasteiger partial charge on any atom is -0.481 e. The Kier molecular flexibility index (Phi) is 4.14. The van der Waals surface area contributed by atoms with Gasteiger partial charge in [-0.1, -0.05) is 11.8 Å². The molecule has 1 atom stereocenters. The van der Waals surface area contributed by atoms with Gasteiger partial charge in [-0.05, 0) is 26.7 Å². The number of carboxylic acid groups (broad SMARTS) is 1. The fourth-order valence-corrected chi connectivity index (χ4v) is 2.50. The molecule has 1 unspecified atom stereocenters. The number of aliphatic carboxylic acids is 1. The number of amides is 1. The van der Waals surface area contributed by atoms with E-state index < -0.39 is 5.97 Å². The lowest BCUT2D eigenvalue weighted by atomic mass is 10.3. The zero-order valence-corrected chi connectivity index (χ0v) is 11.7. The van der Waals surface area contributed by atoms with E-state index in [-0.39, 0.29) is 17.7 Å². The Labute approximate surface area is 115 Å². The van der Waals surface area contributed by atoms with E-state index in [4.69, 9.17) is 5.11 Å². The Morgan fingerprint density at radius 2 is 2.32 bits per heavy atom. The number of carbonyl (C=O) groups excluding carboxylic acids is 1. The molecule has 2 rings (SSSR count). The smallest absolute Gasteiger partial charge is 0.313 e.